The number of hydrogen-bond donors (Lipinski definition) is 2. The smallest absolute Gasteiger partial charge is 0.233 e. The molecule has 1 aromatic rings. The summed E-state index contributed by atoms with van der Waals surface area (Å²) in [4.78, 5) is 11.0. The topological polar surface area (TPSA) is 82.8 Å². The van der Waals surface area contributed by atoms with Gasteiger partial charge in [0.05, 0.1) is 25.9 Å². The first-order valence-electron chi connectivity index (χ1n) is 8.19. The molecule has 6 heteroatoms. The van der Waals surface area contributed by atoms with Crippen molar-refractivity contribution in [1.82, 2.24) is 5.32 Å². The molecule has 3 N–H and O–H groups in total. The highest BCUT2D eigenvalue weighted by molar-refractivity contribution is 5.77. The zero-order valence-electron chi connectivity index (χ0n) is 13.6. The Morgan fingerprint density at radius 1 is 1.35 bits per heavy atom. The van der Waals surface area contributed by atoms with Crippen molar-refractivity contribution in [2.24, 2.45) is 5.73 Å². The lowest BCUT2D eigenvalue weighted by atomic mass is 10.1. The molecule has 23 heavy (non-hydrogen) atoms. The molecule has 0 bridgehead atoms. The summed E-state index contributed by atoms with van der Waals surface area (Å²) in [6, 6.07) is 7.80. The average Bonchev–Trinajstić information content (AvgIpc) is 3.04. The number of nitrogens with two attached hydrogens (primary N) is 1. The van der Waals surface area contributed by atoms with Crippen LogP contribution in [0, 0.1) is 0 Å². The summed E-state index contributed by atoms with van der Waals surface area (Å²) in [6.45, 7) is 3.93. The molecule has 1 amide bonds. The third kappa shape index (κ3) is 5.82. The van der Waals surface area contributed by atoms with Gasteiger partial charge in [-0.05, 0) is 38.3 Å². The van der Waals surface area contributed by atoms with E-state index in [-0.39, 0.29) is 24.8 Å². The quantitative estimate of drug-likeness (QED) is 0.677. The molecule has 0 radical (unpaired) electrons. The van der Waals surface area contributed by atoms with E-state index in [0.717, 1.165) is 30.6 Å². The summed E-state index contributed by atoms with van der Waals surface area (Å²) >= 11 is 0. The van der Waals surface area contributed by atoms with Gasteiger partial charge in [0.1, 0.15) is 5.75 Å². The van der Waals surface area contributed by atoms with Crippen molar-refractivity contribution < 1.29 is 19.0 Å². The largest absolute Gasteiger partial charge is 0.494 e. The molecule has 6 nitrogen and oxygen atoms in total. The number of benzene rings is 1. The lowest BCUT2D eigenvalue weighted by Crippen LogP contribution is -2.31. The number of nitrogens with one attached hydrogen (secondary N) is 1. The Balaban J connectivity index is 1.66. The van der Waals surface area contributed by atoms with Crippen molar-refractivity contribution in [3.05, 3.63) is 29.8 Å². The van der Waals surface area contributed by atoms with Gasteiger partial charge in [-0.1, -0.05) is 12.1 Å². The van der Waals surface area contributed by atoms with E-state index in [9.17, 15) is 4.79 Å². The highest BCUT2D eigenvalue weighted by Crippen LogP contribution is 2.29. The number of ether oxygens (including phenoxy) is 3. The summed E-state index contributed by atoms with van der Waals surface area (Å²) in [5, 5.41) is 2.76. The Bertz CT molecular complexity index is 478. The monoisotopic (exact) mass is 322 g/mol. The highest BCUT2D eigenvalue weighted by atomic mass is 16.7. The molecule has 0 spiro atoms. The molecule has 0 aliphatic carbocycles. The van der Waals surface area contributed by atoms with Gasteiger partial charge in [-0.3, -0.25) is 4.79 Å². The molecule has 1 fully saturated rings. The molecule has 1 aromatic carbocycles. The van der Waals surface area contributed by atoms with E-state index in [1.807, 2.05) is 31.2 Å². The highest BCUT2D eigenvalue weighted by Gasteiger charge is 2.26. The number of amides is 1. The van der Waals surface area contributed by atoms with Gasteiger partial charge in [0.25, 0.3) is 0 Å². The van der Waals surface area contributed by atoms with E-state index < -0.39 is 0 Å². The minimum absolute atomic E-state index is 0.0450. The van der Waals surface area contributed by atoms with Crippen molar-refractivity contribution in [3.8, 4) is 5.75 Å². The number of carbonyl (C=O) groups excluding carboxylic acids is 1. The second-order valence-electron chi connectivity index (χ2n) is 5.48. The van der Waals surface area contributed by atoms with E-state index in [0.29, 0.717) is 19.8 Å². The van der Waals surface area contributed by atoms with Gasteiger partial charge < -0.3 is 25.3 Å². The molecule has 1 aliphatic heterocycles. The number of hydrogen-bond acceptors (Lipinski definition) is 5. The number of rotatable bonds is 9. The average molecular weight is 322 g/mol. The van der Waals surface area contributed by atoms with Crippen molar-refractivity contribution in [1.29, 1.82) is 0 Å². The molecule has 0 saturated carbocycles. The van der Waals surface area contributed by atoms with Crippen molar-refractivity contribution in [2.75, 3.05) is 26.3 Å². The molecule has 2 rings (SSSR count). The van der Waals surface area contributed by atoms with Gasteiger partial charge in [-0.2, -0.15) is 0 Å². The lowest BCUT2D eigenvalue weighted by molar-refractivity contribution is -0.119. The van der Waals surface area contributed by atoms with Crippen molar-refractivity contribution in [3.63, 3.8) is 0 Å². The summed E-state index contributed by atoms with van der Waals surface area (Å²) in [7, 11) is 0. The van der Waals surface area contributed by atoms with Gasteiger partial charge >= 0.3 is 0 Å². The third-order valence-corrected chi connectivity index (χ3v) is 3.67. The van der Waals surface area contributed by atoms with E-state index in [2.05, 4.69) is 5.32 Å². The Morgan fingerprint density at radius 3 is 2.83 bits per heavy atom. The van der Waals surface area contributed by atoms with Crippen molar-refractivity contribution >= 4 is 5.91 Å². The first-order chi connectivity index (χ1) is 11.2. The normalized spacial score (nSPS) is 20.4. The van der Waals surface area contributed by atoms with Gasteiger partial charge in [0, 0.05) is 12.1 Å². The molecule has 2 atom stereocenters. The van der Waals surface area contributed by atoms with Crippen molar-refractivity contribution in [2.45, 2.75) is 38.6 Å². The predicted molar refractivity (Wildman–Crippen MR) is 87.1 cm³/mol. The SMILES string of the molecule is CCOc1ccc(C2OCC(CCCCNC(=O)CN)O2)cc1. The molecule has 128 valence electrons. The van der Waals surface area contributed by atoms with Crippen LogP contribution in [0.4, 0.5) is 0 Å². The first-order valence-corrected chi connectivity index (χ1v) is 8.19. The van der Waals surface area contributed by atoms with Gasteiger partial charge in [0.15, 0.2) is 6.29 Å². The van der Waals surface area contributed by atoms with Crippen LogP contribution >= 0.6 is 0 Å². The minimum Gasteiger partial charge on any atom is -0.494 e. The molecular weight excluding hydrogens is 296 g/mol. The van der Waals surface area contributed by atoms with Gasteiger partial charge in [-0.25, -0.2) is 0 Å². The zero-order valence-corrected chi connectivity index (χ0v) is 13.6. The summed E-state index contributed by atoms with van der Waals surface area (Å²) in [5.74, 6) is 0.742. The molecule has 1 saturated heterocycles. The molecular formula is C17H26N2O4. The molecule has 1 heterocycles. The van der Waals surface area contributed by atoms with E-state index in [1.165, 1.54) is 0 Å². The number of carbonyl (C=O) groups is 1. The molecule has 0 aromatic heterocycles. The van der Waals surface area contributed by atoms with Crippen LogP contribution in [0.1, 0.15) is 38.0 Å². The minimum atomic E-state index is -0.299. The zero-order chi connectivity index (χ0) is 16.5. The van der Waals surface area contributed by atoms with Gasteiger partial charge in [0.2, 0.25) is 5.91 Å². The maximum absolute atomic E-state index is 11.0. The fourth-order valence-corrected chi connectivity index (χ4v) is 2.46. The fourth-order valence-electron chi connectivity index (χ4n) is 2.46. The van der Waals surface area contributed by atoms with Crippen LogP contribution in [-0.4, -0.2) is 38.3 Å². The van der Waals surface area contributed by atoms with Crippen LogP contribution in [0.25, 0.3) is 0 Å². The maximum Gasteiger partial charge on any atom is 0.233 e. The number of unbranched alkanes of at least 4 members (excludes halogenated alkanes) is 1. The third-order valence-electron chi connectivity index (χ3n) is 3.67. The van der Waals surface area contributed by atoms with Gasteiger partial charge in [-0.15, -0.1) is 0 Å². The standard InChI is InChI=1S/C17H26N2O4/c1-2-21-14-8-6-13(7-9-14)17-22-12-15(23-17)5-3-4-10-19-16(20)11-18/h6-9,15,17H,2-5,10-12,18H2,1H3,(H,19,20). The second kappa shape index (κ2) is 9.50. The molecule has 1 aliphatic rings. The summed E-state index contributed by atoms with van der Waals surface area (Å²) in [5.41, 5.74) is 6.23. The summed E-state index contributed by atoms with van der Waals surface area (Å²) in [6.07, 6.45) is 2.63. The Labute approximate surface area is 137 Å². The fraction of sp³-hybridized carbons (Fsp3) is 0.588. The Morgan fingerprint density at radius 2 is 2.13 bits per heavy atom. The molecule has 2 unspecified atom stereocenters. The Hall–Kier alpha value is -1.63. The lowest BCUT2D eigenvalue weighted by Gasteiger charge is -2.12. The van der Waals surface area contributed by atoms with Crippen LogP contribution in [0.15, 0.2) is 24.3 Å². The van der Waals surface area contributed by atoms with Crippen LogP contribution < -0.4 is 15.8 Å². The van der Waals surface area contributed by atoms with E-state index in [1.54, 1.807) is 0 Å². The predicted octanol–water partition coefficient (Wildman–Crippen LogP) is 1.74. The Kier molecular flexibility index (Phi) is 7.32. The second-order valence-corrected chi connectivity index (χ2v) is 5.48. The van der Waals surface area contributed by atoms with Crippen LogP contribution in [0.3, 0.4) is 0 Å². The maximum atomic E-state index is 11.0. The summed E-state index contributed by atoms with van der Waals surface area (Å²) < 4.78 is 17.1. The first kappa shape index (κ1) is 17.7. The van der Waals surface area contributed by atoms with E-state index >= 15 is 0 Å². The van der Waals surface area contributed by atoms with Crippen LogP contribution in [0.5, 0.6) is 5.75 Å². The van der Waals surface area contributed by atoms with Crippen LogP contribution in [-0.2, 0) is 14.3 Å². The van der Waals surface area contributed by atoms with E-state index in [4.69, 9.17) is 19.9 Å². The van der Waals surface area contributed by atoms with Crippen LogP contribution in [0.2, 0.25) is 0 Å².